The van der Waals surface area contributed by atoms with Gasteiger partial charge in [0.25, 0.3) is 0 Å². The van der Waals surface area contributed by atoms with Gasteiger partial charge in [-0.25, -0.2) is 9.37 Å². The zero-order valence-electron chi connectivity index (χ0n) is 14.4. The van der Waals surface area contributed by atoms with Crippen molar-refractivity contribution in [1.29, 1.82) is 0 Å². The first-order valence-corrected chi connectivity index (χ1v) is 9.78. The van der Waals surface area contributed by atoms with Gasteiger partial charge in [0, 0.05) is 27.7 Å². The standard InChI is InChI=1S/C21H19FN2OS/c1-12-6-13-7-16(17(22)8-21(13)26-12)20(25)9-18-14-4-2-3-5-15(14)19-10-23-11-24(18)19/h2-5,7-8,10-12,18,20,25H,6,9H2,1H3. The maximum absolute atomic E-state index is 14.6. The Morgan fingerprint density at radius 3 is 3.08 bits per heavy atom. The molecular weight excluding hydrogens is 347 g/mol. The van der Waals surface area contributed by atoms with Crippen LogP contribution in [0, 0.1) is 5.82 Å². The van der Waals surface area contributed by atoms with Crippen LogP contribution in [0.1, 0.15) is 42.2 Å². The highest BCUT2D eigenvalue weighted by atomic mass is 32.2. The molecule has 0 fully saturated rings. The third-order valence-electron chi connectivity index (χ3n) is 5.42. The average molecular weight is 366 g/mol. The molecule has 132 valence electrons. The van der Waals surface area contributed by atoms with Crippen molar-refractivity contribution < 1.29 is 9.50 Å². The number of fused-ring (bicyclic) bond motifs is 4. The first-order valence-electron chi connectivity index (χ1n) is 8.90. The lowest BCUT2D eigenvalue weighted by atomic mass is 9.94. The van der Waals surface area contributed by atoms with Gasteiger partial charge in [0.2, 0.25) is 0 Å². The van der Waals surface area contributed by atoms with E-state index in [-0.39, 0.29) is 11.9 Å². The van der Waals surface area contributed by atoms with Gasteiger partial charge in [-0.3, -0.25) is 0 Å². The van der Waals surface area contributed by atoms with Crippen LogP contribution in [0.5, 0.6) is 0 Å². The molecule has 0 saturated carbocycles. The number of thioether (sulfide) groups is 1. The summed E-state index contributed by atoms with van der Waals surface area (Å²) >= 11 is 1.71. The van der Waals surface area contributed by atoms with Crippen LogP contribution in [0.25, 0.3) is 11.3 Å². The molecule has 1 N–H and O–H groups in total. The molecule has 3 nitrogen and oxygen atoms in total. The van der Waals surface area contributed by atoms with E-state index in [0.717, 1.165) is 33.7 Å². The van der Waals surface area contributed by atoms with Crippen LogP contribution >= 0.6 is 11.8 Å². The lowest BCUT2D eigenvalue weighted by Gasteiger charge is -2.20. The topological polar surface area (TPSA) is 38.1 Å². The Bertz CT molecular complexity index is 999. The fraction of sp³-hybridized carbons (Fsp3) is 0.286. The normalized spacial score (nSPS) is 21.3. The molecule has 2 aliphatic heterocycles. The number of nitrogens with zero attached hydrogens (tertiary/aromatic N) is 2. The van der Waals surface area contributed by atoms with Gasteiger partial charge < -0.3 is 9.67 Å². The molecule has 0 spiro atoms. The maximum Gasteiger partial charge on any atom is 0.130 e. The van der Waals surface area contributed by atoms with Crippen LogP contribution in [0.15, 0.2) is 53.8 Å². The molecule has 2 aromatic carbocycles. The number of benzene rings is 2. The lowest BCUT2D eigenvalue weighted by molar-refractivity contribution is 0.149. The molecule has 0 aliphatic carbocycles. The Hall–Kier alpha value is -2.11. The fourth-order valence-corrected chi connectivity index (χ4v) is 5.38. The zero-order chi connectivity index (χ0) is 17.8. The minimum atomic E-state index is -0.854. The van der Waals surface area contributed by atoms with Crippen molar-refractivity contribution in [3.8, 4) is 11.3 Å². The number of hydrogen-bond donors (Lipinski definition) is 1. The van der Waals surface area contributed by atoms with Crippen LogP contribution in [-0.4, -0.2) is 19.9 Å². The number of rotatable bonds is 3. The van der Waals surface area contributed by atoms with Crippen LogP contribution in [0.2, 0.25) is 0 Å². The number of aliphatic hydroxyl groups is 1. The van der Waals surface area contributed by atoms with E-state index in [0.29, 0.717) is 17.2 Å². The number of aliphatic hydroxyl groups excluding tert-OH is 1. The van der Waals surface area contributed by atoms with E-state index < -0.39 is 6.10 Å². The van der Waals surface area contributed by atoms with Crippen molar-refractivity contribution in [2.24, 2.45) is 0 Å². The Morgan fingerprint density at radius 1 is 1.35 bits per heavy atom. The van der Waals surface area contributed by atoms with Gasteiger partial charge in [-0.2, -0.15) is 0 Å². The quantitative estimate of drug-likeness (QED) is 0.727. The highest BCUT2D eigenvalue weighted by molar-refractivity contribution is 8.00. The second-order valence-electron chi connectivity index (χ2n) is 7.15. The molecule has 1 aromatic heterocycles. The summed E-state index contributed by atoms with van der Waals surface area (Å²) in [5, 5.41) is 11.3. The predicted octanol–water partition coefficient (Wildman–Crippen LogP) is 4.75. The second-order valence-corrected chi connectivity index (χ2v) is 8.64. The van der Waals surface area contributed by atoms with Crippen LogP contribution < -0.4 is 0 Å². The Labute approximate surface area is 155 Å². The minimum absolute atomic E-state index is 0.0281. The smallest absolute Gasteiger partial charge is 0.130 e. The second kappa shape index (κ2) is 5.96. The average Bonchev–Trinajstić information content (AvgIpc) is 3.29. The van der Waals surface area contributed by atoms with Gasteiger partial charge in [0.05, 0.1) is 30.4 Å². The van der Waals surface area contributed by atoms with Crippen molar-refractivity contribution >= 4 is 11.8 Å². The van der Waals surface area contributed by atoms with Crippen molar-refractivity contribution in [2.75, 3.05) is 0 Å². The van der Waals surface area contributed by atoms with E-state index in [1.165, 1.54) is 0 Å². The molecule has 5 rings (SSSR count). The lowest BCUT2D eigenvalue weighted by Crippen LogP contribution is -2.12. The number of hydrogen-bond acceptors (Lipinski definition) is 3. The molecule has 26 heavy (non-hydrogen) atoms. The third-order valence-corrected chi connectivity index (χ3v) is 6.62. The number of aromatic nitrogens is 2. The zero-order valence-corrected chi connectivity index (χ0v) is 15.2. The molecule has 0 radical (unpaired) electrons. The Balaban J connectivity index is 1.49. The summed E-state index contributed by atoms with van der Waals surface area (Å²) in [5.41, 5.74) is 4.91. The number of imidazole rings is 1. The summed E-state index contributed by atoms with van der Waals surface area (Å²) in [4.78, 5) is 5.26. The summed E-state index contributed by atoms with van der Waals surface area (Å²) in [5.74, 6) is -0.310. The summed E-state index contributed by atoms with van der Waals surface area (Å²) in [6.07, 6.45) is 4.15. The molecule has 3 atom stereocenters. The molecule has 0 saturated heterocycles. The van der Waals surface area contributed by atoms with E-state index in [4.69, 9.17) is 0 Å². The first kappa shape index (κ1) is 16.1. The molecule has 3 unspecified atom stereocenters. The van der Waals surface area contributed by atoms with Crippen LogP contribution in [0.3, 0.4) is 0 Å². The monoisotopic (exact) mass is 366 g/mol. The summed E-state index contributed by atoms with van der Waals surface area (Å²) in [6, 6.07) is 11.6. The maximum atomic E-state index is 14.6. The van der Waals surface area contributed by atoms with Gasteiger partial charge in [-0.05, 0) is 29.7 Å². The molecule has 2 aliphatic rings. The van der Waals surface area contributed by atoms with E-state index in [2.05, 4.69) is 28.6 Å². The van der Waals surface area contributed by atoms with E-state index in [1.54, 1.807) is 24.2 Å². The highest BCUT2D eigenvalue weighted by Gasteiger charge is 2.31. The molecule has 0 bridgehead atoms. The third kappa shape index (κ3) is 2.42. The summed E-state index contributed by atoms with van der Waals surface area (Å²) in [6.45, 7) is 2.15. The van der Waals surface area contributed by atoms with Crippen molar-refractivity contribution in [1.82, 2.24) is 9.55 Å². The van der Waals surface area contributed by atoms with Crippen LogP contribution in [0.4, 0.5) is 4.39 Å². The van der Waals surface area contributed by atoms with Gasteiger partial charge in [-0.1, -0.05) is 31.2 Å². The Morgan fingerprint density at radius 2 is 2.19 bits per heavy atom. The summed E-state index contributed by atoms with van der Waals surface area (Å²) in [7, 11) is 0. The molecule has 3 aromatic rings. The van der Waals surface area contributed by atoms with E-state index in [9.17, 15) is 9.50 Å². The largest absolute Gasteiger partial charge is 0.388 e. The Kier molecular flexibility index (Phi) is 3.69. The van der Waals surface area contributed by atoms with Crippen molar-refractivity contribution in [3.05, 3.63) is 71.4 Å². The first-order chi connectivity index (χ1) is 12.6. The van der Waals surface area contributed by atoms with Gasteiger partial charge in [0.15, 0.2) is 0 Å². The van der Waals surface area contributed by atoms with Gasteiger partial charge >= 0.3 is 0 Å². The number of halogens is 1. The minimum Gasteiger partial charge on any atom is -0.388 e. The van der Waals surface area contributed by atoms with E-state index >= 15 is 0 Å². The highest BCUT2D eigenvalue weighted by Crippen LogP contribution is 2.44. The van der Waals surface area contributed by atoms with Crippen molar-refractivity contribution in [2.45, 2.75) is 42.1 Å². The summed E-state index contributed by atoms with van der Waals surface area (Å²) < 4.78 is 16.7. The predicted molar refractivity (Wildman–Crippen MR) is 101 cm³/mol. The molecule has 3 heterocycles. The molecular formula is C21H19FN2OS. The molecule has 0 amide bonds. The fourth-order valence-electron chi connectivity index (χ4n) is 4.22. The van der Waals surface area contributed by atoms with Crippen LogP contribution in [-0.2, 0) is 6.42 Å². The van der Waals surface area contributed by atoms with Crippen molar-refractivity contribution in [3.63, 3.8) is 0 Å². The van der Waals surface area contributed by atoms with Gasteiger partial charge in [-0.15, -0.1) is 11.8 Å². The van der Waals surface area contributed by atoms with E-state index in [1.807, 2.05) is 24.4 Å². The molecule has 5 heteroatoms. The SMILES string of the molecule is CC1Cc2cc(C(O)CC3c4ccccc4-c4cncn43)c(F)cc2S1. The van der Waals surface area contributed by atoms with Gasteiger partial charge in [0.1, 0.15) is 5.82 Å².